The molecule has 8 nitrogen and oxygen atoms in total. The minimum Gasteiger partial charge on any atom is -0.494 e. The van der Waals surface area contributed by atoms with Gasteiger partial charge in [0, 0.05) is 19.3 Å². The van der Waals surface area contributed by atoms with E-state index in [9.17, 15) is 13.2 Å². The lowest BCUT2D eigenvalue weighted by molar-refractivity contribution is -0.119. The lowest BCUT2D eigenvalue weighted by Crippen LogP contribution is -2.33. The summed E-state index contributed by atoms with van der Waals surface area (Å²) in [6, 6.07) is 29.3. The Morgan fingerprint density at radius 1 is 0.694 bits per heavy atom. The first-order chi connectivity index (χ1) is 23.3. The van der Waals surface area contributed by atoms with Crippen molar-refractivity contribution in [2.75, 3.05) is 42.1 Å². The Hall–Kier alpha value is -4.93. The fraction of sp³-hybridized carbons (Fsp3) is 0.368. The number of rotatable bonds is 15. The molecular weight excluding hydrogens is 627 g/mol. The number of alkyl halides is 3. The standard InChI is InChI=1S/C38H46F3N7O/c1-7-48(27-38(39,40)41)35-18-16-32(17-19-35)45-43-30-10-8-29(9-11-30)42-44-31-12-14-33(15-13-31)46-47(6)34-20-22-36(23-21-34)49-25-24-28(2)26-37(3,4)5/h8-23,28,46H,7,24-27H2,1-6H3/b44-42+,45-43+. The Bertz CT molecular complexity index is 1630. The SMILES string of the molecule is CCN(CC(F)(F)F)c1ccc(/N=N/c2ccc(/N=N/c3ccc(NN(C)c4ccc(OCCC(C)CC(C)(C)C)cc4)cc3)cc2)cc1. The number of benzene rings is 4. The van der Waals surface area contributed by atoms with Crippen molar-refractivity contribution in [3.8, 4) is 5.75 Å². The first kappa shape index (κ1) is 36.9. The van der Waals surface area contributed by atoms with E-state index in [1.165, 1.54) is 11.3 Å². The molecule has 0 aliphatic heterocycles. The highest BCUT2D eigenvalue weighted by Crippen LogP contribution is 2.29. The predicted octanol–water partition coefficient (Wildman–Crippen LogP) is 12.2. The second kappa shape index (κ2) is 16.9. The molecule has 1 N–H and O–H groups in total. The maximum absolute atomic E-state index is 12.8. The van der Waals surface area contributed by atoms with Crippen molar-refractivity contribution in [1.82, 2.24) is 0 Å². The molecule has 4 aromatic carbocycles. The number of azo groups is 2. The van der Waals surface area contributed by atoms with Crippen molar-refractivity contribution < 1.29 is 17.9 Å². The van der Waals surface area contributed by atoms with Crippen LogP contribution < -0.4 is 20.1 Å². The number of ether oxygens (including phenoxy) is 1. The molecule has 0 bridgehead atoms. The highest BCUT2D eigenvalue weighted by molar-refractivity contribution is 5.58. The van der Waals surface area contributed by atoms with Gasteiger partial charge in [-0.15, -0.1) is 0 Å². The molecule has 260 valence electrons. The van der Waals surface area contributed by atoms with Crippen LogP contribution in [0.4, 0.5) is 53.0 Å². The number of hydrogen-bond acceptors (Lipinski definition) is 8. The third kappa shape index (κ3) is 12.9. The molecule has 1 atom stereocenters. The van der Waals surface area contributed by atoms with Gasteiger partial charge in [-0.25, -0.2) is 0 Å². The molecule has 11 heteroatoms. The minimum absolute atomic E-state index is 0.245. The Morgan fingerprint density at radius 3 is 1.59 bits per heavy atom. The van der Waals surface area contributed by atoms with Crippen LogP contribution in [0, 0.1) is 11.3 Å². The van der Waals surface area contributed by atoms with Crippen molar-refractivity contribution in [3.05, 3.63) is 97.1 Å². The van der Waals surface area contributed by atoms with Crippen molar-refractivity contribution in [3.63, 3.8) is 0 Å². The first-order valence-corrected chi connectivity index (χ1v) is 16.4. The summed E-state index contributed by atoms with van der Waals surface area (Å²) < 4.78 is 44.4. The summed E-state index contributed by atoms with van der Waals surface area (Å²) >= 11 is 0. The van der Waals surface area contributed by atoms with Gasteiger partial charge in [-0.05, 0) is 128 Å². The van der Waals surface area contributed by atoms with Crippen LogP contribution in [0.5, 0.6) is 5.75 Å². The van der Waals surface area contributed by atoms with Crippen LogP contribution in [0.2, 0.25) is 0 Å². The van der Waals surface area contributed by atoms with Gasteiger partial charge in [0.2, 0.25) is 0 Å². The van der Waals surface area contributed by atoms with Crippen molar-refractivity contribution in [2.24, 2.45) is 31.8 Å². The minimum atomic E-state index is -4.27. The van der Waals surface area contributed by atoms with Gasteiger partial charge in [-0.3, -0.25) is 10.4 Å². The monoisotopic (exact) mass is 673 g/mol. The molecule has 1 unspecified atom stereocenters. The number of anilines is 3. The molecule has 0 saturated heterocycles. The highest BCUT2D eigenvalue weighted by atomic mass is 19.4. The largest absolute Gasteiger partial charge is 0.494 e. The van der Waals surface area contributed by atoms with Crippen LogP contribution in [0.3, 0.4) is 0 Å². The Labute approximate surface area is 287 Å². The van der Waals surface area contributed by atoms with Gasteiger partial charge >= 0.3 is 6.18 Å². The smallest absolute Gasteiger partial charge is 0.405 e. The van der Waals surface area contributed by atoms with Crippen LogP contribution in [0.1, 0.15) is 47.5 Å². The maximum Gasteiger partial charge on any atom is 0.405 e. The zero-order chi connectivity index (χ0) is 35.4. The zero-order valence-corrected chi connectivity index (χ0v) is 29.1. The average molecular weight is 674 g/mol. The quantitative estimate of drug-likeness (QED) is 0.101. The number of nitrogens with zero attached hydrogens (tertiary/aromatic N) is 6. The topological polar surface area (TPSA) is 77.2 Å². The maximum atomic E-state index is 12.8. The molecule has 0 fully saturated rings. The highest BCUT2D eigenvalue weighted by Gasteiger charge is 2.30. The normalized spacial score (nSPS) is 12.8. The molecule has 0 amide bonds. The van der Waals surface area contributed by atoms with Gasteiger partial charge in [0.25, 0.3) is 0 Å². The van der Waals surface area contributed by atoms with Gasteiger partial charge in [-0.2, -0.15) is 33.6 Å². The van der Waals surface area contributed by atoms with Crippen LogP contribution in [0.15, 0.2) is 118 Å². The zero-order valence-electron chi connectivity index (χ0n) is 29.1. The van der Waals surface area contributed by atoms with Crippen LogP contribution in [-0.2, 0) is 0 Å². The summed E-state index contributed by atoms with van der Waals surface area (Å²) in [6.45, 7) is 10.7. The number of nitrogens with one attached hydrogen (secondary N) is 1. The van der Waals surface area contributed by atoms with Crippen LogP contribution in [0.25, 0.3) is 0 Å². The summed E-state index contributed by atoms with van der Waals surface area (Å²) in [5, 5.41) is 19.0. The van der Waals surface area contributed by atoms with Gasteiger partial charge in [0.05, 0.1) is 40.7 Å². The molecule has 0 spiro atoms. The lowest BCUT2D eigenvalue weighted by atomic mass is 9.84. The van der Waals surface area contributed by atoms with Crippen molar-refractivity contribution >= 4 is 39.8 Å². The predicted molar refractivity (Wildman–Crippen MR) is 193 cm³/mol. The number of hydrazine groups is 1. The van der Waals surface area contributed by atoms with E-state index >= 15 is 0 Å². The number of halogens is 3. The third-order valence-electron chi connectivity index (χ3n) is 7.61. The Balaban J connectivity index is 1.23. The summed E-state index contributed by atoms with van der Waals surface area (Å²) in [6.07, 6.45) is -2.05. The van der Waals surface area contributed by atoms with E-state index in [2.05, 4.69) is 53.6 Å². The molecule has 0 heterocycles. The molecule has 4 rings (SSSR count). The van der Waals surface area contributed by atoms with Gasteiger partial charge < -0.3 is 9.64 Å². The second-order valence-corrected chi connectivity index (χ2v) is 13.3. The molecule has 0 radical (unpaired) electrons. The molecule has 0 aromatic heterocycles. The third-order valence-corrected chi connectivity index (χ3v) is 7.61. The lowest BCUT2D eigenvalue weighted by Gasteiger charge is -2.24. The van der Waals surface area contributed by atoms with E-state index in [0.717, 1.165) is 23.5 Å². The molecule has 49 heavy (non-hydrogen) atoms. The Kier molecular flexibility index (Phi) is 12.8. The van der Waals surface area contributed by atoms with Gasteiger partial charge in [0.15, 0.2) is 0 Å². The van der Waals surface area contributed by atoms with Gasteiger partial charge in [-0.1, -0.05) is 27.7 Å². The summed E-state index contributed by atoms with van der Waals surface area (Å²) in [7, 11) is 1.96. The molecule has 0 aliphatic rings. The summed E-state index contributed by atoms with van der Waals surface area (Å²) in [5.41, 5.74) is 8.59. The summed E-state index contributed by atoms with van der Waals surface area (Å²) in [4.78, 5) is 1.26. The van der Waals surface area contributed by atoms with Crippen LogP contribution in [-0.4, -0.2) is 32.9 Å². The summed E-state index contributed by atoms with van der Waals surface area (Å²) in [5.74, 6) is 1.49. The molecular formula is C38H46F3N7O. The molecule has 0 saturated carbocycles. The van der Waals surface area contributed by atoms with E-state index in [0.29, 0.717) is 46.4 Å². The van der Waals surface area contributed by atoms with Crippen molar-refractivity contribution in [1.29, 1.82) is 0 Å². The van der Waals surface area contributed by atoms with E-state index in [1.807, 2.05) is 60.6 Å². The van der Waals surface area contributed by atoms with Gasteiger partial charge in [0.1, 0.15) is 12.3 Å². The average Bonchev–Trinajstić information content (AvgIpc) is 3.06. The number of hydrogen-bond donors (Lipinski definition) is 1. The van der Waals surface area contributed by atoms with E-state index in [1.54, 1.807) is 55.5 Å². The second-order valence-electron chi connectivity index (χ2n) is 13.3. The van der Waals surface area contributed by atoms with E-state index < -0.39 is 12.7 Å². The van der Waals surface area contributed by atoms with E-state index in [-0.39, 0.29) is 6.54 Å². The van der Waals surface area contributed by atoms with Crippen LogP contribution >= 0.6 is 0 Å². The fourth-order valence-corrected chi connectivity index (χ4v) is 5.30. The first-order valence-electron chi connectivity index (χ1n) is 16.4. The molecule has 4 aromatic rings. The fourth-order valence-electron chi connectivity index (χ4n) is 5.30. The van der Waals surface area contributed by atoms with E-state index in [4.69, 9.17) is 4.74 Å². The van der Waals surface area contributed by atoms with Crippen molar-refractivity contribution in [2.45, 2.75) is 53.6 Å². The molecule has 0 aliphatic carbocycles. The Morgan fingerprint density at radius 2 is 1.14 bits per heavy atom.